The van der Waals surface area contributed by atoms with E-state index >= 15 is 0 Å². The van der Waals surface area contributed by atoms with Crippen molar-refractivity contribution in [3.63, 3.8) is 0 Å². The molecule has 2 aliphatic heterocycles. The number of aromatic nitrogens is 2. The van der Waals surface area contributed by atoms with E-state index in [0.717, 1.165) is 37.8 Å². The maximum atomic E-state index is 12.3. The van der Waals surface area contributed by atoms with E-state index in [2.05, 4.69) is 20.2 Å². The second-order valence-corrected chi connectivity index (χ2v) is 6.62. The number of nitrogens with one attached hydrogen (secondary N) is 1. The highest BCUT2D eigenvalue weighted by Crippen LogP contribution is 2.36. The summed E-state index contributed by atoms with van der Waals surface area (Å²) in [5.41, 5.74) is 1.15. The summed E-state index contributed by atoms with van der Waals surface area (Å²) < 4.78 is 0. The topological polar surface area (TPSA) is 75.2 Å². The van der Waals surface area contributed by atoms with Crippen molar-refractivity contribution in [3.8, 4) is 0 Å². The summed E-state index contributed by atoms with van der Waals surface area (Å²) in [7, 11) is 0. The smallest absolute Gasteiger partial charge is 0.271 e. The molecule has 2 fully saturated rings. The zero-order chi connectivity index (χ0) is 16.4. The third-order valence-electron chi connectivity index (χ3n) is 4.83. The average molecular weight is 316 g/mol. The summed E-state index contributed by atoms with van der Waals surface area (Å²) in [6, 6.07) is 0.679. The second-order valence-electron chi connectivity index (χ2n) is 6.62. The van der Waals surface area contributed by atoms with Crippen LogP contribution in [0.2, 0.25) is 0 Å². The first kappa shape index (κ1) is 15.9. The largest absolute Gasteiger partial charge is 0.348 e. The molecule has 3 rings (SSSR count). The Labute approximate surface area is 136 Å². The van der Waals surface area contributed by atoms with E-state index in [-0.39, 0.29) is 29.9 Å². The third kappa shape index (κ3) is 3.35. The maximum Gasteiger partial charge on any atom is 0.271 e. The van der Waals surface area contributed by atoms with Gasteiger partial charge in [0.05, 0.1) is 11.9 Å². The minimum atomic E-state index is -0.171. The molecule has 2 amide bonds. The first-order valence-electron chi connectivity index (χ1n) is 8.49. The quantitative estimate of drug-likeness (QED) is 0.919. The molecule has 0 aliphatic carbocycles. The molecule has 2 aliphatic rings. The predicted octanol–water partition coefficient (Wildman–Crippen LogP) is 1.84. The molecule has 0 aromatic carbocycles. The summed E-state index contributed by atoms with van der Waals surface area (Å²) in [6.45, 7) is 3.88. The van der Waals surface area contributed by atoms with Gasteiger partial charge in [0, 0.05) is 30.7 Å². The van der Waals surface area contributed by atoms with Crippen LogP contribution in [0.15, 0.2) is 12.4 Å². The summed E-state index contributed by atoms with van der Waals surface area (Å²) in [5.74, 6) is 0.101. The fourth-order valence-electron chi connectivity index (χ4n) is 3.81. The van der Waals surface area contributed by atoms with E-state index in [1.54, 1.807) is 6.20 Å². The van der Waals surface area contributed by atoms with Crippen molar-refractivity contribution < 1.29 is 9.59 Å². The van der Waals surface area contributed by atoms with E-state index in [1.165, 1.54) is 6.20 Å². The molecule has 6 heteroatoms. The van der Waals surface area contributed by atoms with Crippen molar-refractivity contribution >= 4 is 11.8 Å². The predicted molar refractivity (Wildman–Crippen MR) is 85.8 cm³/mol. The zero-order valence-corrected chi connectivity index (χ0v) is 13.8. The molecule has 6 nitrogen and oxygen atoms in total. The van der Waals surface area contributed by atoms with Gasteiger partial charge in [-0.05, 0) is 39.0 Å². The van der Waals surface area contributed by atoms with E-state index in [0.29, 0.717) is 12.1 Å². The number of rotatable bonds is 4. The number of piperidine rings is 1. The van der Waals surface area contributed by atoms with Crippen molar-refractivity contribution in [2.75, 3.05) is 0 Å². The van der Waals surface area contributed by atoms with Gasteiger partial charge in [-0.3, -0.25) is 14.6 Å². The van der Waals surface area contributed by atoms with E-state index in [4.69, 9.17) is 0 Å². The average Bonchev–Trinajstić information content (AvgIpc) is 2.79. The normalized spacial score (nSPS) is 26.2. The van der Waals surface area contributed by atoms with Crippen LogP contribution >= 0.6 is 0 Å². The lowest BCUT2D eigenvalue weighted by molar-refractivity contribution is -0.135. The van der Waals surface area contributed by atoms with Gasteiger partial charge in [0.25, 0.3) is 5.91 Å². The van der Waals surface area contributed by atoms with Crippen LogP contribution in [0.3, 0.4) is 0 Å². The maximum absolute atomic E-state index is 12.3. The number of carbonyl (C=O) groups is 2. The van der Waals surface area contributed by atoms with Crippen molar-refractivity contribution in [1.29, 1.82) is 0 Å². The number of fused-ring (bicyclic) bond motifs is 2. The highest BCUT2D eigenvalue weighted by Gasteiger charge is 2.43. The zero-order valence-electron chi connectivity index (χ0n) is 13.8. The van der Waals surface area contributed by atoms with Gasteiger partial charge in [-0.15, -0.1) is 0 Å². The lowest BCUT2D eigenvalue weighted by Gasteiger charge is -2.39. The van der Waals surface area contributed by atoms with Crippen LogP contribution in [0.5, 0.6) is 0 Å². The molecule has 3 heterocycles. The number of aryl methyl sites for hydroxylation is 1. The molecule has 0 spiro atoms. The van der Waals surface area contributed by atoms with Crippen molar-refractivity contribution in [3.05, 3.63) is 23.8 Å². The molecule has 124 valence electrons. The molecule has 1 aromatic heterocycles. The van der Waals surface area contributed by atoms with Gasteiger partial charge in [-0.2, -0.15) is 0 Å². The Kier molecular flexibility index (Phi) is 4.59. The van der Waals surface area contributed by atoms with Gasteiger partial charge in [0.2, 0.25) is 5.91 Å². The first-order chi connectivity index (χ1) is 11.1. The van der Waals surface area contributed by atoms with Gasteiger partial charge >= 0.3 is 0 Å². The number of nitrogens with zero attached hydrogens (tertiary/aromatic N) is 3. The SMILES string of the molecule is CCCC(=O)N1[C@@H]2CC[C@H]1CC(NC(=O)c1cnc(C)cn1)C2. The lowest BCUT2D eigenvalue weighted by atomic mass is 9.96. The van der Waals surface area contributed by atoms with Crippen LogP contribution in [0.1, 0.15) is 61.6 Å². The van der Waals surface area contributed by atoms with Crippen LogP contribution < -0.4 is 5.32 Å². The van der Waals surface area contributed by atoms with Gasteiger partial charge in [0.15, 0.2) is 0 Å². The first-order valence-corrected chi connectivity index (χ1v) is 8.49. The van der Waals surface area contributed by atoms with Crippen LogP contribution in [0.4, 0.5) is 0 Å². The number of hydrogen-bond acceptors (Lipinski definition) is 4. The minimum Gasteiger partial charge on any atom is -0.348 e. The van der Waals surface area contributed by atoms with Crippen LogP contribution in [0.25, 0.3) is 0 Å². The van der Waals surface area contributed by atoms with Crippen LogP contribution in [-0.2, 0) is 4.79 Å². The highest BCUT2D eigenvalue weighted by molar-refractivity contribution is 5.92. The van der Waals surface area contributed by atoms with E-state index in [1.807, 2.05) is 13.8 Å². The summed E-state index contributed by atoms with van der Waals surface area (Å²) >= 11 is 0. The molecular weight excluding hydrogens is 292 g/mol. The van der Waals surface area contributed by atoms with Crippen molar-refractivity contribution in [1.82, 2.24) is 20.2 Å². The second kappa shape index (κ2) is 6.64. The molecule has 1 N–H and O–H groups in total. The summed E-state index contributed by atoms with van der Waals surface area (Å²) in [6.07, 6.45) is 8.43. The fraction of sp³-hybridized carbons (Fsp3) is 0.647. The van der Waals surface area contributed by atoms with Gasteiger partial charge in [-0.1, -0.05) is 6.92 Å². The minimum absolute atomic E-state index is 0.119. The molecule has 3 atom stereocenters. The van der Waals surface area contributed by atoms with Crippen molar-refractivity contribution in [2.45, 2.75) is 70.5 Å². The van der Waals surface area contributed by atoms with Crippen molar-refractivity contribution in [2.24, 2.45) is 0 Å². The standard InChI is InChI=1S/C17H24N4O2/c1-3-4-16(22)21-13-5-6-14(21)8-12(7-13)20-17(23)15-10-18-11(2)9-19-15/h9-10,12-14H,3-8H2,1-2H3,(H,20,23)/t12?,13-,14+. The lowest BCUT2D eigenvalue weighted by Crippen LogP contribution is -2.52. The summed E-state index contributed by atoms with van der Waals surface area (Å²) in [4.78, 5) is 34.9. The monoisotopic (exact) mass is 316 g/mol. The van der Waals surface area contributed by atoms with Gasteiger partial charge in [-0.25, -0.2) is 4.98 Å². The molecule has 0 radical (unpaired) electrons. The molecule has 2 bridgehead atoms. The van der Waals surface area contributed by atoms with E-state index < -0.39 is 0 Å². The Bertz CT molecular complexity index is 573. The Morgan fingerprint density at radius 3 is 2.48 bits per heavy atom. The van der Waals surface area contributed by atoms with Crippen LogP contribution in [-0.4, -0.2) is 44.8 Å². The molecule has 1 aromatic rings. The Balaban J connectivity index is 1.61. The Hall–Kier alpha value is -1.98. The molecule has 23 heavy (non-hydrogen) atoms. The Morgan fingerprint density at radius 1 is 1.22 bits per heavy atom. The molecular formula is C17H24N4O2. The molecule has 2 saturated heterocycles. The fourth-order valence-corrected chi connectivity index (χ4v) is 3.81. The molecule has 1 unspecified atom stereocenters. The van der Waals surface area contributed by atoms with Gasteiger partial charge in [0.1, 0.15) is 5.69 Å². The number of hydrogen-bond donors (Lipinski definition) is 1. The van der Waals surface area contributed by atoms with E-state index in [9.17, 15) is 9.59 Å². The van der Waals surface area contributed by atoms with Crippen LogP contribution in [0, 0.1) is 6.92 Å². The number of amides is 2. The summed E-state index contributed by atoms with van der Waals surface area (Å²) in [5, 5.41) is 3.07. The number of carbonyl (C=O) groups excluding carboxylic acids is 2. The highest BCUT2D eigenvalue weighted by atomic mass is 16.2. The molecule has 0 saturated carbocycles. The third-order valence-corrected chi connectivity index (χ3v) is 4.83. The van der Waals surface area contributed by atoms with Gasteiger partial charge < -0.3 is 10.2 Å². The Morgan fingerprint density at radius 2 is 1.91 bits per heavy atom.